The Kier molecular flexibility index (Phi) is 7.55. The third kappa shape index (κ3) is 5.99. The summed E-state index contributed by atoms with van der Waals surface area (Å²) in [5, 5.41) is 5.00. The van der Waals surface area contributed by atoms with E-state index in [1.54, 1.807) is 12.1 Å². The summed E-state index contributed by atoms with van der Waals surface area (Å²) in [5.41, 5.74) is 1.72. The van der Waals surface area contributed by atoms with E-state index in [9.17, 15) is 4.39 Å². The average Bonchev–Trinajstić information content (AvgIpc) is 2.73. The fraction of sp³-hybridized carbons (Fsp3) is 0.304. The number of hydrogen-bond donors (Lipinski definition) is 1. The number of nitrogens with one attached hydrogen (secondary N) is 1. The Bertz CT molecular complexity index is 969. The quantitative estimate of drug-likeness (QED) is 0.455. The number of benzene rings is 2. The van der Waals surface area contributed by atoms with Crippen LogP contribution in [0.2, 0.25) is 5.02 Å². The summed E-state index contributed by atoms with van der Waals surface area (Å²) < 4.78 is 13.1. The summed E-state index contributed by atoms with van der Waals surface area (Å²) in [6.45, 7) is 8.33. The van der Waals surface area contributed by atoms with E-state index in [0.717, 1.165) is 54.9 Å². The number of aromatic nitrogens is 2. The molecular formula is C23H26ClFN4. The molecule has 0 aliphatic carbocycles. The van der Waals surface area contributed by atoms with Crippen molar-refractivity contribution in [3.05, 3.63) is 64.7 Å². The van der Waals surface area contributed by atoms with E-state index in [0.29, 0.717) is 10.8 Å². The molecule has 0 spiro atoms. The minimum atomic E-state index is -0.253. The van der Waals surface area contributed by atoms with Crippen LogP contribution in [0.4, 0.5) is 10.2 Å². The van der Waals surface area contributed by atoms with Crippen molar-refractivity contribution >= 4 is 40.5 Å². The highest BCUT2D eigenvalue weighted by atomic mass is 35.5. The molecule has 4 nitrogen and oxygen atoms in total. The van der Waals surface area contributed by atoms with Crippen molar-refractivity contribution in [3.8, 4) is 0 Å². The standard InChI is InChI=1S/C23H26ClFN4/c1-3-29(4-2)15-5-14-26-23-20-16-18(24)9-12-21(20)27-22(28-23)13-8-17-6-10-19(25)11-7-17/h6-13,16H,3-5,14-15H2,1-2H3,(H,26,27,28). The molecule has 0 radical (unpaired) electrons. The Labute approximate surface area is 176 Å². The number of rotatable bonds is 9. The molecule has 0 aliphatic heterocycles. The van der Waals surface area contributed by atoms with Crippen LogP contribution in [0.5, 0.6) is 0 Å². The lowest BCUT2D eigenvalue weighted by atomic mass is 10.2. The summed E-state index contributed by atoms with van der Waals surface area (Å²) in [7, 11) is 0. The van der Waals surface area contributed by atoms with Crippen molar-refractivity contribution < 1.29 is 4.39 Å². The van der Waals surface area contributed by atoms with Gasteiger partial charge in [0.2, 0.25) is 0 Å². The van der Waals surface area contributed by atoms with Crippen molar-refractivity contribution in [1.29, 1.82) is 0 Å². The third-order valence-electron chi connectivity index (χ3n) is 4.81. The lowest BCUT2D eigenvalue weighted by Gasteiger charge is -2.18. The van der Waals surface area contributed by atoms with Gasteiger partial charge in [0.15, 0.2) is 5.82 Å². The van der Waals surface area contributed by atoms with Crippen molar-refractivity contribution in [1.82, 2.24) is 14.9 Å². The van der Waals surface area contributed by atoms with Crippen LogP contribution in [-0.2, 0) is 0 Å². The monoisotopic (exact) mass is 412 g/mol. The number of hydrogen-bond acceptors (Lipinski definition) is 4. The van der Waals surface area contributed by atoms with Crippen LogP contribution in [0.25, 0.3) is 23.1 Å². The second-order valence-electron chi connectivity index (χ2n) is 6.78. The van der Waals surface area contributed by atoms with Crippen molar-refractivity contribution in [2.24, 2.45) is 0 Å². The molecular weight excluding hydrogens is 387 g/mol. The zero-order valence-electron chi connectivity index (χ0n) is 16.8. The zero-order chi connectivity index (χ0) is 20.6. The molecule has 0 unspecified atom stereocenters. The van der Waals surface area contributed by atoms with E-state index in [-0.39, 0.29) is 5.82 Å². The Hall–Kier alpha value is -2.50. The van der Waals surface area contributed by atoms with E-state index < -0.39 is 0 Å². The van der Waals surface area contributed by atoms with E-state index >= 15 is 0 Å². The highest BCUT2D eigenvalue weighted by molar-refractivity contribution is 6.31. The summed E-state index contributed by atoms with van der Waals surface area (Å²) in [4.78, 5) is 11.7. The predicted molar refractivity (Wildman–Crippen MR) is 121 cm³/mol. The van der Waals surface area contributed by atoms with Crippen molar-refractivity contribution in [3.63, 3.8) is 0 Å². The van der Waals surface area contributed by atoms with E-state index in [1.807, 2.05) is 30.4 Å². The molecule has 0 bridgehead atoms. The molecule has 0 saturated heterocycles. The maximum Gasteiger partial charge on any atom is 0.154 e. The van der Waals surface area contributed by atoms with Gasteiger partial charge in [0.1, 0.15) is 11.6 Å². The summed E-state index contributed by atoms with van der Waals surface area (Å²) in [6, 6.07) is 11.9. The van der Waals surface area contributed by atoms with Gasteiger partial charge in [-0.2, -0.15) is 0 Å². The fourth-order valence-electron chi connectivity index (χ4n) is 3.12. The van der Waals surface area contributed by atoms with Crippen LogP contribution in [0, 0.1) is 5.82 Å². The van der Waals surface area contributed by atoms with Crippen LogP contribution < -0.4 is 5.32 Å². The Morgan fingerprint density at radius 1 is 1.03 bits per heavy atom. The molecule has 6 heteroatoms. The molecule has 2 aromatic carbocycles. The summed E-state index contributed by atoms with van der Waals surface area (Å²) in [5.74, 6) is 1.11. The van der Waals surface area contributed by atoms with Gasteiger partial charge in [-0.3, -0.25) is 0 Å². The van der Waals surface area contributed by atoms with Crippen LogP contribution in [0.15, 0.2) is 42.5 Å². The number of nitrogens with zero attached hydrogens (tertiary/aromatic N) is 3. The number of fused-ring (bicyclic) bond motifs is 1. The molecule has 0 atom stereocenters. The first-order valence-corrected chi connectivity index (χ1v) is 10.3. The number of anilines is 1. The minimum absolute atomic E-state index is 0.253. The zero-order valence-corrected chi connectivity index (χ0v) is 17.6. The normalized spacial score (nSPS) is 11.6. The SMILES string of the molecule is CCN(CC)CCCNc1nc(C=Cc2ccc(F)cc2)nc2ccc(Cl)cc12. The van der Waals surface area contributed by atoms with Gasteiger partial charge in [0.25, 0.3) is 0 Å². The number of halogens is 2. The Morgan fingerprint density at radius 3 is 2.52 bits per heavy atom. The Balaban J connectivity index is 1.80. The molecule has 29 heavy (non-hydrogen) atoms. The van der Waals surface area contributed by atoms with Gasteiger partial charge in [-0.05, 0) is 68.0 Å². The van der Waals surface area contributed by atoms with Crippen molar-refractivity contribution in [2.45, 2.75) is 20.3 Å². The van der Waals surface area contributed by atoms with Crippen LogP contribution in [-0.4, -0.2) is 41.0 Å². The highest BCUT2D eigenvalue weighted by Crippen LogP contribution is 2.24. The van der Waals surface area contributed by atoms with Gasteiger partial charge < -0.3 is 10.2 Å². The maximum absolute atomic E-state index is 13.1. The molecule has 0 saturated carbocycles. The van der Waals surface area contributed by atoms with E-state index in [1.165, 1.54) is 12.1 Å². The van der Waals surface area contributed by atoms with Gasteiger partial charge in [0.05, 0.1) is 5.52 Å². The third-order valence-corrected chi connectivity index (χ3v) is 5.04. The van der Waals surface area contributed by atoms with Crippen LogP contribution >= 0.6 is 11.6 Å². The fourth-order valence-corrected chi connectivity index (χ4v) is 3.29. The second-order valence-corrected chi connectivity index (χ2v) is 7.22. The molecule has 3 rings (SSSR count). The van der Waals surface area contributed by atoms with Crippen molar-refractivity contribution in [2.75, 3.05) is 31.5 Å². The van der Waals surface area contributed by atoms with Gasteiger partial charge >= 0.3 is 0 Å². The molecule has 1 aromatic heterocycles. The summed E-state index contributed by atoms with van der Waals surface area (Å²) >= 11 is 6.19. The molecule has 1 N–H and O–H groups in total. The molecule has 1 heterocycles. The molecule has 3 aromatic rings. The predicted octanol–water partition coefficient (Wildman–Crippen LogP) is 5.74. The second kappa shape index (κ2) is 10.3. The molecule has 0 fully saturated rings. The average molecular weight is 413 g/mol. The van der Waals surface area contributed by atoms with Gasteiger partial charge in [0, 0.05) is 17.0 Å². The van der Waals surface area contributed by atoms with Gasteiger partial charge in [-0.25, -0.2) is 14.4 Å². The largest absolute Gasteiger partial charge is 0.369 e. The van der Waals surface area contributed by atoms with E-state index in [4.69, 9.17) is 11.6 Å². The first-order chi connectivity index (χ1) is 14.1. The summed E-state index contributed by atoms with van der Waals surface area (Å²) in [6.07, 6.45) is 4.73. The van der Waals surface area contributed by atoms with Gasteiger partial charge in [-0.15, -0.1) is 0 Å². The lowest BCUT2D eigenvalue weighted by molar-refractivity contribution is 0.303. The first kappa shape index (κ1) is 21.2. The van der Waals surface area contributed by atoms with Gasteiger partial charge in [-0.1, -0.05) is 43.7 Å². The van der Waals surface area contributed by atoms with Crippen LogP contribution in [0.1, 0.15) is 31.7 Å². The lowest BCUT2D eigenvalue weighted by Crippen LogP contribution is -2.25. The topological polar surface area (TPSA) is 41.0 Å². The van der Waals surface area contributed by atoms with E-state index in [2.05, 4.69) is 34.0 Å². The highest BCUT2D eigenvalue weighted by Gasteiger charge is 2.08. The molecule has 0 aliphatic rings. The molecule has 152 valence electrons. The Morgan fingerprint density at radius 2 is 1.79 bits per heavy atom. The first-order valence-electron chi connectivity index (χ1n) is 9.96. The minimum Gasteiger partial charge on any atom is -0.369 e. The van der Waals surface area contributed by atoms with Crippen LogP contribution in [0.3, 0.4) is 0 Å². The maximum atomic E-state index is 13.1. The smallest absolute Gasteiger partial charge is 0.154 e. The molecule has 0 amide bonds.